The molecule has 4 aromatic rings. The molecule has 5 nitrogen and oxygen atoms in total. The number of anilines is 1. The van der Waals surface area contributed by atoms with Gasteiger partial charge in [0.25, 0.3) is 5.91 Å². The van der Waals surface area contributed by atoms with Crippen molar-refractivity contribution in [3.8, 4) is 11.5 Å². The second kappa shape index (κ2) is 8.63. The number of nitrogens with zero attached hydrogens (tertiary/aromatic N) is 2. The second-order valence-corrected chi connectivity index (χ2v) is 7.57. The van der Waals surface area contributed by atoms with Gasteiger partial charge in [0.2, 0.25) is 0 Å². The zero-order valence-electron chi connectivity index (χ0n) is 18.4. The van der Waals surface area contributed by atoms with Crippen molar-refractivity contribution in [3.05, 3.63) is 108 Å². The zero-order valence-corrected chi connectivity index (χ0v) is 18.4. The van der Waals surface area contributed by atoms with E-state index in [-0.39, 0.29) is 5.91 Å². The number of carbonyl (C=O) groups is 1. The Kier molecular flexibility index (Phi) is 5.37. The minimum Gasteiger partial charge on any atom is -0.497 e. The summed E-state index contributed by atoms with van der Waals surface area (Å²) in [4.78, 5) is 20.1. The second-order valence-electron chi connectivity index (χ2n) is 7.57. The largest absolute Gasteiger partial charge is 0.497 e. The molecular weight excluding hydrogens is 412 g/mol. The van der Waals surface area contributed by atoms with E-state index < -0.39 is 0 Å². The molecule has 0 atom stereocenters. The van der Waals surface area contributed by atoms with Crippen LogP contribution in [0.4, 0.5) is 5.69 Å². The molecule has 0 bridgehead atoms. The lowest BCUT2D eigenvalue weighted by Crippen LogP contribution is -2.32. The van der Waals surface area contributed by atoms with E-state index in [1.54, 1.807) is 19.1 Å². The number of benzene rings is 4. The summed E-state index contributed by atoms with van der Waals surface area (Å²) in [6, 6.07) is 29.1. The third-order valence-electron chi connectivity index (χ3n) is 5.65. The molecule has 0 N–H and O–H groups in total. The van der Waals surface area contributed by atoms with Crippen LogP contribution in [0.3, 0.4) is 0 Å². The van der Waals surface area contributed by atoms with Gasteiger partial charge in [0.15, 0.2) is 5.84 Å². The van der Waals surface area contributed by atoms with Gasteiger partial charge < -0.3 is 9.47 Å². The first-order valence-electron chi connectivity index (χ1n) is 10.6. The van der Waals surface area contributed by atoms with E-state index in [0.717, 1.165) is 21.9 Å². The Morgan fingerprint density at radius 2 is 1.52 bits per heavy atom. The number of aliphatic imine (C=N–C) groups is 1. The summed E-state index contributed by atoms with van der Waals surface area (Å²) in [6.45, 7) is 0. The van der Waals surface area contributed by atoms with Crippen LogP contribution in [0.2, 0.25) is 0 Å². The number of fused-ring (bicyclic) bond motifs is 1. The standard InChI is InChI=1S/C28H22N2O3/c1-32-22-16-14-21(15-17-22)30-27(24-12-5-6-13-26(24)33-2)29-25(28(30)31)18-20-10-7-9-19-8-3-4-11-23(19)20/h3-18H,1-2H3/b25-18+. The Morgan fingerprint density at radius 1 is 0.788 bits per heavy atom. The van der Waals surface area contributed by atoms with E-state index >= 15 is 0 Å². The Balaban J connectivity index is 1.67. The molecule has 0 radical (unpaired) electrons. The van der Waals surface area contributed by atoms with E-state index in [9.17, 15) is 4.79 Å². The van der Waals surface area contributed by atoms with Crippen LogP contribution in [0.15, 0.2) is 102 Å². The molecule has 1 aliphatic rings. The lowest BCUT2D eigenvalue weighted by molar-refractivity contribution is -0.113. The molecule has 0 saturated heterocycles. The molecule has 5 rings (SSSR count). The van der Waals surface area contributed by atoms with Crippen molar-refractivity contribution in [1.29, 1.82) is 0 Å². The summed E-state index contributed by atoms with van der Waals surface area (Å²) in [7, 11) is 3.23. The van der Waals surface area contributed by atoms with Crippen molar-refractivity contribution in [2.45, 2.75) is 0 Å². The van der Waals surface area contributed by atoms with Crippen molar-refractivity contribution in [2.24, 2.45) is 4.99 Å². The number of para-hydroxylation sites is 1. The van der Waals surface area contributed by atoms with Gasteiger partial charge in [-0.25, -0.2) is 4.99 Å². The fraction of sp³-hybridized carbons (Fsp3) is 0.0714. The smallest absolute Gasteiger partial charge is 0.282 e. The van der Waals surface area contributed by atoms with Crippen molar-refractivity contribution in [3.63, 3.8) is 0 Å². The molecule has 33 heavy (non-hydrogen) atoms. The number of hydrogen-bond donors (Lipinski definition) is 0. The Morgan fingerprint density at radius 3 is 2.30 bits per heavy atom. The molecule has 162 valence electrons. The molecular formula is C28H22N2O3. The Hall–Kier alpha value is -4.38. The maximum Gasteiger partial charge on any atom is 0.282 e. The lowest BCUT2D eigenvalue weighted by atomic mass is 10.0. The highest BCUT2D eigenvalue weighted by Gasteiger charge is 2.34. The normalized spacial score (nSPS) is 14.6. The summed E-state index contributed by atoms with van der Waals surface area (Å²) < 4.78 is 10.8. The molecule has 0 spiro atoms. The van der Waals surface area contributed by atoms with Gasteiger partial charge in [-0.15, -0.1) is 0 Å². The van der Waals surface area contributed by atoms with E-state index in [0.29, 0.717) is 28.7 Å². The fourth-order valence-corrected chi connectivity index (χ4v) is 4.02. The number of methoxy groups -OCH3 is 2. The van der Waals surface area contributed by atoms with Gasteiger partial charge in [0, 0.05) is 0 Å². The lowest BCUT2D eigenvalue weighted by Gasteiger charge is -2.20. The number of carbonyl (C=O) groups excluding carboxylic acids is 1. The van der Waals surface area contributed by atoms with E-state index in [2.05, 4.69) is 12.1 Å². The van der Waals surface area contributed by atoms with Gasteiger partial charge in [0.1, 0.15) is 17.2 Å². The van der Waals surface area contributed by atoms with Gasteiger partial charge in [-0.05, 0) is 58.8 Å². The summed E-state index contributed by atoms with van der Waals surface area (Å²) in [5.41, 5.74) is 2.75. The molecule has 0 fully saturated rings. The molecule has 0 saturated carbocycles. The van der Waals surface area contributed by atoms with Crippen LogP contribution in [0, 0.1) is 0 Å². The molecule has 4 aromatic carbocycles. The highest BCUT2D eigenvalue weighted by Crippen LogP contribution is 2.32. The average molecular weight is 434 g/mol. The van der Waals surface area contributed by atoms with Crippen LogP contribution in [0.25, 0.3) is 16.8 Å². The summed E-state index contributed by atoms with van der Waals surface area (Å²) in [6.07, 6.45) is 1.85. The number of amides is 1. The SMILES string of the molecule is COc1ccc(N2C(=O)/C(=C\c3cccc4ccccc34)N=C2c2ccccc2OC)cc1. The van der Waals surface area contributed by atoms with Gasteiger partial charge in [-0.1, -0.05) is 54.6 Å². The molecule has 0 aliphatic carbocycles. The predicted molar refractivity (Wildman–Crippen MR) is 132 cm³/mol. The van der Waals surface area contributed by atoms with Gasteiger partial charge in [-0.3, -0.25) is 9.69 Å². The molecule has 0 aromatic heterocycles. The van der Waals surface area contributed by atoms with Crippen LogP contribution >= 0.6 is 0 Å². The summed E-state index contributed by atoms with van der Waals surface area (Å²) in [5, 5.41) is 2.18. The number of amidine groups is 1. The molecule has 0 unspecified atom stereocenters. The van der Waals surface area contributed by atoms with E-state index in [4.69, 9.17) is 14.5 Å². The zero-order chi connectivity index (χ0) is 22.8. The fourth-order valence-electron chi connectivity index (χ4n) is 4.02. The Bertz CT molecular complexity index is 1400. The minimum atomic E-state index is -0.200. The average Bonchev–Trinajstić information content (AvgIpc) is 3.19. The molecule has 1 amide bonds. The van der Waals surface area contributed by atoms with Crippen molar-refractivity contribution in [1.82, 2.24) is 0 Å². The van der Waals surface area contributed by atoms with E-state index in [1.165, 1.54) is 0 Å². The highest BCUT2D eigenvalue weighted by atomic mass is 16.5. The van der Waals surface area contributed by atoms with Gasteiger partial charge >= 0.3 is 0 Å². The van der Waals surface area contributed by atoms with E-state index in [1.807, 2.05) is 84.9 Å². The first-order valence-corrected chi connectivity index (χ1v) is 10.6. The van der Waals surface area contributed by atoms with Gasteiger partial charge in [-0.2, -0.15) is 0 Å². The van der Waals surface area contributed by atoms with Crippen molar-refractivity contribution < 1.29 is 14.3 Å². The van der Waals surface area contributed by atoms with Crippen LogP contribution in [0.1, 0.15) is 11.1 Å². The maximum absolute atomic E-state index is 13.7. The first-order chi connectivity index (χ1) is 16.2. The first kappa shape index (κ1) is 20.5. The summed E-state index contributed by atoms with van der Waals surface area (Å²) in [5.74, 6) is 1.68. The third-order valence-corrected chi connectivity index (χ3v) is 5.65. The third kappa shape index (κ3) is 3.74. The van der Waals surface area contributed by atoms with Crippen LogP contribution in [-0.2, 0) is 4.79 Å². The van der Waals surface area contributed by atoms with Crippen molar-refractivity contribution in [2.75, 3.05) is 19.1 Å². The summed E-state index contributed by atoms with van der Waals surface area (Å²) >= 11 is 0. The minimum absolute atomic E-state index is 0.200. The maximum atomic E-state index is 13.7. The highest BCUT2D eigenvalue weighted by molar-refractivity contribution is 6.33. The van der Waals surface area contributed by atoms with Crippen LogP contribution in [-0.4, -0.2) is 26.0 Å². The quantitative estimate of drug-likeness (QED) is 0.379. The molecule has 1 heterocycles. The van der Waals surface area contributed by atoms with Crippen LogP contribution in [0.5, 0.6) is 11.5 Å². The number of rotatable bonds is 5. The van der Waals surface area contributed by atoms with Crippen molar-refractivity contribution >= 4 is 34.3 Å². The van der Waals surface area contributed by atoms with Crippen LogP contribution < -0.4 is 14.4 Å². The topological polar surface area (TPSA) is 51.1 Å². The monoisotopic (exact) mass is 434 g/mol. The Labute approximate surface area is 192 Å². The number of ether oxygens (including phenoxy) is 2. The van der Waals surface area contributed by atoms with Gasteiger partial charge in [0.05, 0.1) is 25.5 Å². The number of hydrogen-bond acceptors (Lipinski definition) is 4. The molecule has 1 aliphatic heterocycles. The molecule has 5 heteroatoms. The predicted octanol–water partition coefficient (Wildman–Crippen LogP) is 5.69.